The quantitative estimate of drug-likeness (QED) is 0.416. The fourth-order valence-corrected chi connectivity index (χ4v) is 6.67. The number of nitrogens with two attached hydrogens (primary N) is 1. The highest BCUT2D eigenvalue weighted by Crippen LogP contribution is 2.39. The van der Waals surface area contributed by atoms with Gasteiger partial charge in [-0.15, -0.1) is 0 Å². The van der Waals surface area contributed by atoms with E-state index in [9.17, 15) is 18.0 Å². The molecule has 0 unspecified atom stereocenters. The number of alkyl halides is 3. The second kappa shape index (κ2) is 12.9. The molecule has 2 saturated heterocycles. The molecule has 2 aromatic rings. The second-order valence-corrected chi connectivity index (χ2v) is 11.9. The van der Waals surface area contributed by atoms with Crippen LogP contribution >= 0.6 is 11.6 Å². The molecule has 2 N–H and O–H groups in total. The summed E-state index contributed by atoms with van der Waals surface area (Å²) in [5.74, 6) is -1.50. The van der Waals surface area contributed by atoms with Crippen LogP contribution in [0.1, 0.15) is 48.0 Å². The Morgan fingerprint density at radius 3 is 2.22 bits per heavy atom. The summed E-state index contributed by atoms with van der Waals surface area (Å²) in [5.41, 5.74) is 7.74. The molecule has 1 saturated carbocycles. The third kappa shape index (κ3) is 7.34. The summed E-state index contributed by atoms with van der Waals surface area (Å²) in [6, 6.07) is 9.14. The first-order valence-electron chi connectivity index (χ1n) is 14.5. The Morgan fingerprint density at radius 1 is 0.927 bits per heavy atom. The zero-order chi connectivity index (χ0) is 29.1. The lowest BCUT2D eigenvalue weighted by atomic mass is 9.93. The Kier molecular flexibility index (Phi) is 9.43. The van der Waals surface area contributed by atoms with Crippen molar-refractivity contribution >= 4 is 23.2 Å². The van der Waals surface area contributed by atoms with E-state index in [-0.39, 0.29) is 12.1 Å². The monoisotopic (exact) mass is 595 g/mol. The number of hydrogen-bond donors (Lipinski definition) is 1. The maximum absolute atomic E-state index is 16.1. The summed E-state index contributed by atoms with van der Waals surface area (Å²) in [4.78, 5) is 20.8. The predicted molar refractivity (Wildman–Crippen MR) is 154 cm³/mol. The summed E-state index contributed by atoms with van der Waals surface area (Å²) in [6.07, 6.45) is 0.0792. The van der Waals surface area contributed by atoms with E-state index in [4.69, 9.17) is 17.3 Å². The van der Waals surface area contributed by atoms with Gasteiger partial charge in [-0.25, -0.2) is 4.39 Å². The van der Waals surface area contributed by atoms with E-state index >= 15 is 4.39 Å². The minimum atomic E-state index is -4.19. The van der Waals surface area contributed by atoms with E-state index in [1.54, 1.807) is 29.2 Å². The molecule has 6 nitrogen and oxygen atoms in total. The molecule has 3 aliphatic rings. The minimum absolute atomic E-state index is 0.0484. The van der Waals surface area contributed by atoms with Gasteiger partial charge in [-0.05, 0) is 36.6 Å². The van der Waals surface area contributed by atoms with Crippen LogP contribution in [0.2, 0.25) is 5.02 Å². The molecular weight excluding hydrogens is 558 g/mol. The Bertz CT molecular complexity index is 1220. The number of carbonyl (C=O) groups excluding carboxylic acids is 1. The highest BCUT2D eigenvalue weighted by molar-refractivity contribution is 6.31. The van der Waals surface area contributed by atoms with Crippen LogP contribution in [0.5, 0.6) is 0 Å². The Labute approximate surface area is 244 Å². The highest BCUT2D eigenvalue weighted by Gasteiger charge is 2.31. The standard InChI is InChI=1S/C30H38ClF4N5O/c31-22-6-8-24(26(19-22)40-17-11-37(12-18-40)10-9-30(33,34)35)27-21(5-7-25(28(27)32)29(36)41)20-38-13-15-39(16-14-38)23-3-1-2-4-23/h5-8,19,23H,1-4,9-18,20H2,(H2,36,41). The molecule has 0 spiro atoms. The largest absolute Gasteiger partial charge is 0.390 e. The number of carbonyl (C=O) groups is 1. The molecule has 2 aromatic carbocycles. The molecule has 1 amide bonds. The third-order valence-corrected chi connectivity index (χ3v) is 9.02. The number of halogens is 5. The lowest BCUT2D eigenvalue weighted by molar-refractivity contribution is -0.138. The normalized spacial score (nSPS) is 20.2. The number of benzene rings is 2. The molecular formula is C30H38ClF4N5O. The van der Waals surface area contributed by atoms with Crippen molar-refractivity contribution in [1.82, 2.24) is 14.7 Å². The molecule has 2 aliphatic heterocycles. The van der Waals surface area contributed by atoms with Crippen molar-refractivity contribution in [2.24, 2.45) is 5.73 Å². The summed E-state index contributed by atoms with van der Waals surface area (Å²) in [5, 5.41) is 0.472. The van der Waals surface area contributed by atoms with Crippen LogP contribution in [0.25, 0.3) is 11.1 Å². The van der Waals surface area contributed by atoms with Crippen LogP contribution in [0, 0.1) is 5.82 Å². The molecule has 0 radical (unpaired) electrons. The van der Waals surface area contributed by atoms with Crippen LogP contribution < -0.4 is 10.6 Å². The zero-order valence-corrected chi connectivity index (χ0v) is 24.0. The van der Waals surface area contributed by atoms with E-state index in [1.165, 1.54) is 31.7 Å². The molecule has 2 heterocycles. The third-order valence-electron chi connectivity index (χ3n) is 8.79. The van der Waals surface area contributed by atoms with Gasteiger partial charge in [-0.3, -0.25) is 19.5 Å². The molecule has 11 heteroatoms. The number of piperazine rings is 2. The molecule has 41 heavy (non-hydrogen) atoms. The molecule has 0 aromatic heterocycles. The molecule has 3 fully saturated rings. The number of primary amides is 1. The molecule has 0 atom stereocenters. The first kappa shape index (κ1) is 30.1. The molecule has 5 rings (SSSR count). The number of anilines is 1. The van der Waals surface area contributed by atoms with Crippen LogP contribution in [0.4, 0.5) is 23.2 Å². The van der Waals surface area contributed by atoms with Crippen molar-refractivity contribution < 1.29 is 22.4 Å². The van der Waals surface area contributed by atoms with Gasteiger partial charge in [0.15, 0.2) is 0 Å². The van der Waals surface area contributed by atoms with Gasteiger partial charge in [0.05, 0.1) is 12.0 Å². The van der Waals surface area contributed by atoms with Gasteiger partial charge in [-0.1, -0.05) is 36.6 Å². The van der Waals surface area contributed by atoms with Gasteiger partial charge in [0.25, 0.3) is 5.91 Å². The van der Waals surface area contributed by atoms with Crippen molar-refractivity contribution in [2.45, 2.75) is 50.9 Å². The van der Waals surface area contributed by atoms with Crippen molar-refractivity contribution in [3.8, 4) is 11.1 Å². The molecule has 224 valence electrons. The Morgan fingerprint density at radius 2 is 1.59 bits per heavy atom. The lowest BCUT2D eigenvalue weighted by Crippen LogP contribution is -2.49. The number of hydrogen-bond acceptors (Lipinski definition) is 5. The number of nitrogens with zero attached hydrogens (tertiary/aromatic N) is 4. The lowest BCUT2D eigenvalue weighted by Gasteiger charge is -2.39. The zero-order valence-electron chi connectivity index (χ0n) is 23.2. The van der Waals surface area contributed by atoms with Gasteiger partial charge < -0.3 is 10.6 Å². The van der Waals surface area contributed by atoms with Crippen LogP contribution in [-0.2, 0) is 6.54 Å². The van der Waals surface area contributed by atoms with Crippen LogP contribution in [0.15, 0.2) is 30.3 Å². The van der Waals surface area contributed by atoms with E-state index in [0.29, 0.717) is 60.6 Å². The van der Waals surface area contributed by atoms with E-state index < -0.39 is 24.3 Å². The second-order valence-electron chi connectivity index (χ2n) is 11.4. The minimum Gasteiger partial charge on any atom is -0.368 e. The van der Waals surface area contributed by atoms with Gasteiger partial charge >= 0.3 is 6.18 Å². The average Bonchev–Trinajstić information content (AvgIpc) is 3.48. The summed E-state index contributed by atoms with van der Waals surface area (Å²) < 4.78 is 54.3. The van der Waals surface area contributed by atoms with Crippen molar-refractivity contribution in [3.05, 3.63) is 52.3 Å². The van der Waals surface area contributed by atoms with Crippen molar-refractivity contribution in [3.63, 3.8) is 0 Å². The smallest absolute Gasteiger partial charge is 0.368 e. The SMILES string of the molecule is NC(=O)c1ccc(CN2CCN(C3CCCC3)CC2)c(-c2ccc(Cl)cc2N2CCN(CCC(F)(F)F)CC2)c1F. The maximum Gasteiger partial charge on any atom is 0.390 e. The van der Waals surface area contributed by atoms with Crippen molar-refractivity contribution in [1.29, 1.82) is 0 Å². The van der Waals surface area contributed by atoms with Gasteiger partial charge in [0.2, 0.25) is 0 Å². The van der Waals surface area contributed by atoms with Crippen LogP contribution in [0.3, 0.4) is 0 Å². The Balaban J connectivity index is 1.39. The van der Waals surface area contributed by atoms with Gasteiger partial charge in [0, 0.05) is 93.3 Å². The highest BCUT2D eigenvalue weighted by atomic mass is 35.5. The number of amides is 1. The molecule has 1 aliphatic carbocycles. The first-order valence-corrected chi connectivity index (χ1v) is 14.9. The van der Waals surface area contributed by atoms with Gasteiger partial charge in [-0.2, -0.15) is 13.2 Å². The van der Waals surface area contributed by atoms with E-state index in [1.807, 2.05) is 4.90 Å². The summed E-state index contributed by atoms with van der Waals surface area (Å²) in [6.45, 7) is 6.03. The number of rotatable bonds is 8. The topological polar surface area (TPSA) is 56.1 Å². The Hall–Kier alpha value is -2.40. The van der Waals surface area contributed by atoms with Crippen molar-refractivity contribution in [2.75, 3.05) is 63.8 Å². The van der Waals surface area contributed by atoms with E-state index in [2.05, 4.69) is 9.80 Å². The first-order chi connectivity index (χ1) is 19.6. The van der Waals surface area contributed by atoms with E-state index in [0.717, 1.165) is 31.7 Å². The summed E-state index contributed by atoms with van der Waals surface area (Å²) in [7, 11) is 0. The fourth-order valence-electron chi connectivity index (χ4n) is 6.50. The van der Waals surface area contributed by atoms with Gasteiger partial charge in [0.1, 0.15) is 5.82 Å². The average molecular weight is 596 g/mol. The molecule has 0 bridgehead atoms. The summed E-state index contributed by atoms with van der Waals surface area (Å²) >= 11 is 6.39. The van der Waals surface area contributed by atoms with Crippen LogP contribution in [-0.4, -0.2) is 91.7 Å². The fraction of sp³-hybridized carbons (Fsp3) is 0.567. The predicted octanol–water partition coefficient (Wildman–Crippen LogP) is 5.38. The maximum atomic E-state index is 16.1.